The summed E-state index contributed by atoms with van der Waals surface area (Å²) in [7, 11) is 0. The topological polar surface area (TPSA) is 32.3 Å². The van der Waals surface area contributed by atoms with Crippen molar-refractivity contribution in [1.29, 1.82) is 0 Å². The average molecular weight is 356 g/mol. The van der Waals surface area contributed by atoms with Crippen LogP contribution in [-0.4, -0.2) is 18.5 Å². The van der Waals surface area contributed by atoms with E-state index in [0.717, 1.165) is 30.6 Å². The molecule has 0 aliphatic heterocycles. The minimum Gasteiger partial charge on any atom is -0.305 e. The van der Waals surface area contributed by atoms with E-state index in [0.29, 0.717) is 12.6 Å². The first kappa shape index (κ1) is 17.5. The quantitative estimate of drug-likeness (QED) is 0.730. The van der Waals surface area contributed by atoms with E-state index in [1.54, 1.807) is 4.90 Å². The number of rotatable bonds is 5. The van der Waals surface area contributed by atoms with E-state index in [4.69, 9.17) is 0 Å². The Balaban J connectivity index is 1.47. The third-order valence-electron chi connectivity index (χ3n) is 5.17. The van der Waals surface area contributed by atoms with Crippen LogP contribution in [0.2, 0.25) is 0 Å². The number of fused-ring (bicyclic) bond motifs is 1. The van der Waals surface area contributed by atoms with E-state index in [-0.39, 0.29) is 5.91 Å². The van der Waals surface area contributed by atoms with E-state index in [1.807, 2.05) is 60.7 Å². The van der Waals surface area contributed by atoms with Gasteiger partial charge in [0.25, 0.3) is 0 Å². The zero-order chi connectivity index (χ0) is 18.5. The van der Waals surface area contributed by atoms with E-state index in [2.05, 4.69) is 29.6 Å². The standard InChI is InChI=1S/C24H24N2O/c27-24(18-25-21-16-15-19-9-7-8-10-20(19)17-21)26(22-11-3-1-4-12-22)23-13-5-2-6-14-23/h1-14,21,25H,15-18H2. The SMILES string of the molecule is O=C(CNC1CCc2ccccc2C1)N(c1ccccc1)c1ccccc1. The Labute approximate surface area is 160 Å². The number of nitrogens with zero attached hydrogens (tertiary/aromatic N) is 1. The van der Waals surface area contributed by atoms with Crippen LogP contribution in [0.3, 0.4) is 0 Å². The maximum absolute atomic E-state index is 13.1. The fourth-order valence-electron chi connectivity index (χ4n) is 3.77. The summed E-state index contributed by atoms with van der Waals surface area (Å²) in [5.41, 5.74) is 4.63. The van der Waals surface area contributed by atoms with E-state index in [1.165, 1.54) is 11.1 Å². The zero-order valence-corrected chi connectivity index (χ0v) is 15.3. The van der Waals surface area contributed by atoms with Crippen molar-refractivity contribution in [3.05, 3.63) is 96.1 Å². The first-order valence-corrected chi connectivity index (χ1v) is 9.54. The number of nitrogens with one attached hydrogen (secondary N) is 1. The Morgan fingerprint density at radius 2 is 1.37 bits per heavy atom. The minimum atomic E-state index is 0.0614. The fraction of sp³-hybridized carbons (Fsp3) is 0.208. The van der Waals surface area contributed by atoms with Gasteiger partial charge in [-0.1, -0.05) is 60.7 Å². The lowest BCUT2D eigenvalue weighted by Gasteiger charge is -2.28. The zero-order valence-electron chi connectivity index (χ0n) is 15.3. The van der Waals surface area contributed by atoms with E-state index in [9.17, 15) is 4.79 Å². The van der Waals surface area contributed by atoms with Crippen LogP contribution in [0.5, 0.6) is 0 Å². The van der Waals surface area contributed by atoms with Crippen LogP contribution in [0.15, 0.2) is 84.9 Å². The molecule has 4 rings (SSSR count). The van der Waals surface area contributed by atoms with Crippen LogP contribution >= 0.6 is 0 Å². The summed E-state index contributed by atoms with van der Waals surface area (Å²) >= 11 is 0. The molecule has 0 radical (unpaired) electrons. The highest BCUT2D eigenvalue weighted by Crippen LogP contribution is 2.25. The van der Waals surface area contributed by atoms with Crippen molar-refractivity contribution in [2.75, 3.05) is 11.4 Å². The summed E-state index contributed by atoms with van der Waals surface area (Å²) in [6.45, 7) is 0.330. The third-order valence-corrected chi connectivity index (χ3v) is 5.17. The average Bonchev–Trinajstić information content (AvgIpc) is 2.74. The van der Waals surface area contributed by atoms with Gasteiger partial charge in [-0.2, -0.15) is 0 Å². The van der Waals surface area contributed by atoms with Gasteiger partial charge in [-0.05, 0) is 54.7 Å². The lowest BCUT2D eigenvalue weighted by Crippen LogP contribution is -2.42. The lowest BCUT2D eigenvalue weighted by molar-refractivity contribution is -0.117. The second-order valence-electron chi connectivity index (χ2n) is 6.99. The van der Waals surface area contributed by atoms with Crippen LogP contribution in [0, 0.1) is 0 Å². The number of carbonyl (C=O) groups is 1. The molecule has 0 fully saturated rings. The van der Waals surface area contributed by atoms with Crippen LogP contribution in [0.1, 0.15) is 17.5 Å². The Kier molecular flexibility index (Phi) is 5.31. The molecule has 0 aromatic heterocycles. The van der Waals surface area contributed by atoms with Crippen LogP contribution < -0.4 is 10.2 Å². The Morgan fingerprint density at radius 1 is 0.815 bits per heavy atom. The van der Waals surface area contributed by atoms with Crippen LogP contribution in [0.25, 0.3) is 0 Å². The molecular weight excluding hydrogens is 332 g/mol. The van der Waals surface area contributed by atoms with Crippen molar-refractivity contribution >= 4 is 17.3 Å². The van der Waals surface area contributed by atoms with Crippen molar-refractivity contribution in [1.82, 2.24) is 5.32 Å². The molecule has 0 spiro atoms. The lowest BCUT2D eigenvalue weighted by atomic mass is 9.88. The summed E-state index contributed by atoms with van der Waals surface area (Å²) in [5.74, 6) is 0.0614. The first-order chi connectivity index (χ1) is 13.3. The number of aryl methyl sites for hydroxylation is 1. The first-order valence-electron chi connectivity index (χ1n) is 9.54. The normalized spacial score (nSPS) is 15.8. The van der Waals surface area contributed by atoms with Gasteiger partial charge in [0.1, 0.15) is 0 Å². The molecule has 1 unspecified atom stereocenters. The largest absolute Gasteiger partial charge is 0.305 e. The Bertz CT molecular complexity index is 853. The highest BCUT2D eigenvalue weighted by molar-refractivity contribution is 6.01. The van der Waals surface area contributed by atoms with Crippen LogP contribution in [-0.2, 0) is 17.6 Å². The number of hydrogen-bond acceptors (Lipinski definition) is 2. The summed E-state index contributed by atoms with van der Waals surface area (Å²) in [4.78, 5) is 14.9. The van der Waals surface area contributed by atoms with Crippen LogP contribution in [0.4, 0.5) is 11.4 Å². The molecule has 1 atom stereocenters. The maximum Gasteiger partial charge on any atom is 0.245 e. The number of para-hydroxylation sites is 2. The predicted molar refractivity (Wildman–Crippen MR) is 110 cm³/mol. The summed E-state index contributed by atoms with van der Waals surface area (Å²) in [6.07, 6.45) is 3.13. The van der Waals surface area contributed by atoms with Gasteiger partial charge in [0.05, 0.1) is 6.54 Å². The number of carbonyl (C=O) groups excluding carboxylic acids is 1. The molecule has 0 saturated carbocycles. The van der Waals surface area contributed by atoms with Crippen molar-refractivity contribution in [3.8, 4) is 0 Å². The molecule has 0 bridgehead atoms. The molecule has 1 N–H and O–H groups in total. The number of benzene rings is 3. The molecule has 27 heavy (non-hydrogen) atoms. The molecule has 1 aliphatic carbocycles. The molecule has 3 heteroatoms. The van der Waals surface area contributed by atoms with Gasteiger partial charge < -0.3 is 5.32 Å². The van der Waals surface area contributed by atoms with E-state index >= 15 is 0 Å². The molecule has 3 aromatic rings. The highest BCUT2D eigenvalue weighted by atomic mass is 16.2. The predicted octanol–water partition coefficient (Wildman–Crippen LogP) is 4.50. The molecular formula is C24H24N2O. The van der Waals surface area contributed by atoms with Gasteiger partial charge in [0.15, 0.2) is 0 Å². The van der Waals surface area contributed by atoms with Gasteiger partial charge in [0.2, 0.25) is 5.91 Å². The second kappa shape index (κ2) is 8.19. The third kappa shape index (κ3) is 4.09. The monoisotopic (exact) mass is 356 g/mol. The summed E-state index contributed by atoms with van der Waals surface area (Å²) in [5, 5.41) is 3.49. The molecule has 0 heterocycles. The highest BCUT2D eigenvalue weighted by Gasteiger charge is 2.21. The van der Waals surface area contributed by atoms with Crippen molar-refractivity contribution in [2.45, 2.75) is 25.3 Å². The van der Waals surface area contributed by atoms with Gasteiger partial charge in [-0.15, -0.1) is 0 Å². The van der Waals surface area contributed by atoms with Crippen molar-refractivity contribution in [3.63, 3.8) is 0 Å². The van der Waals surface area contributed by atoms with Gasteiger partial charge >= 0.3 is 0 Å². The number of hydrogen-bond donors (Lipinski definition) is 1. The van der Waals surface area contributed by atoms with Crippen molar-refractivity contribution in [2.24, 2.45) is 0 Å². The smallest absolute Gasteiger partial charge is 0.245 e. The maximum atomic E-state index is 13.1. The van der Waals surface area contributed by atoms with E-state index < -0.39 is 0 Å². The Hall–Kier alpha value is -2.91. The molecule has 136 valence electrons. The van der Waals surface area contributed by atoms with Crippen molar-refractivity contribution < 1.29 is 4.79 Å². The second-order valence-corrected chi connectivity index (χ2v) is 6.99. The number of amides is 1. The minimum absolute atomic E-state index is 0.0614. The fourth-order valence-corrected chi connectivity index (χ4v) is 3.77. The Morgan fingerprint density at radius 3 is 2.00 bits per heavy atom. The van der Waals surface area contributed by atoms with Gasteiger partial charge in [-0.25, -0.2) is 0 Å². The molecule has 1 amide bonds. The summed E-state index contributed by atoms with van der Waals surface area (Å²) < 4.78 is 0. The molecule has 3 aromatic carbocycles. The molecule has 1 aliphatic rings. The summed E-state index contributed by atoms with van der Waals surface area (Å²) in [6, 6.07) is 28.6. The van der Waals surface area contributed by atoms with Gasteiger partial charge in [0, 0.05) is 17.4 Å². The number of anilines is 2. The van der Waals surface area contributed by atoms with Gasteiger partial charge in [-0.3, -0.25) is 9.69 Å². The molecule has 3 nitrogen and oxygen atoms in total. The molecule has 0 saturated heterocycles.